The Bertz CT molecular complexity index is 488. The summed E-state index contributed by atoms with van der Waals surface area (Å²) in [4.78, 5) is 8.24. The molecule has 1 aliphatic heterocycles. The zero-order valence-corrected chi connectivity index (χ0v) is 14.0. The van der Waals surface area contributed by atoms with Gasteiger partial charge in [-0.3, -0.25) is 5.41 Å². The van der Waals surface area contributed by atoms with Gasteiger partial charge < -0.3 is 20.6 Å². The molecular weight excluding hydrogens is 337 g/mol. The van der Waals surface area contributed by atoms with Crippen LogP contribution in [0.4, 0.5) is 5.82 Å². The maximum absolute atomic E-state index is 9.04. The number of rotatable bonds is 2. The quantitative estimate of drug-likeness (QED) is 0.551. The molecule has 0 amide bonds. The molecule has 1 aromatic heterocycles. The highest BCUT2D eigenvalue weighted by Gasteiger charge is 2.26. The van der Waals surface area contributed by atoms with E-state index >= 15 is 0 Å². The van der Waals surface area contributed by atoms with Crippen LogP contribution in [0.2, 0.25) is 5.02 Å². The van der Waals surface area contributed by atoms with Crippen molar-refractivity contribution < 1.29 is 5.11 Å². The Morgan fingerprint density at radius 3 is 2.67 bits per heavy atom. The number of pyridine rings is 1. The molecule has 1 aromatic rings. The first kappa shape index (κ1) is 20.1. The first-order chi connectivity index (χ1) is 9.02. The van der Waals surface area contributed by atoms with Crippen molar-refractivity contribution >= 4 is 48.2 Å². The van der Waals surface area contributed by atoms with Crippen LogP contribution in [0.25, 0.3) is 0 Å². The van der Waals surface area contributed by atoms with Crippen LogP contribution in [0, 0.1) is 5.41 Å². The first-order valence-electron chi connectivity index (χ1n) is 6.13. The molecule has 120 valence electrons. The summed E-state index contributed by atoms with van der Waals surface area (Å²) in [6.07, 6.45) is 1.63. The highest BCUT2D eigenvalue weighted by molar-refractivity contribution is 6.33. The lowest BCUT2D eigenvalue weighted by Crippen LogP contribution is -2.56. The van der Waals surface area contributed by atoms with Crippen molar-refractivity contribution in [2.24, 2.45) is 5.73 Å². The van der Waals surface area contributed by atoms with E-state index in [1.807, 2.05) is 11.8 Å². The molecule has 0 bridgehead atoms. The van der Waals surface area contributed by atoms with E-state index in [2.05, 4.69) is 9.88 Å². The molecule has 1 aliphatic rings. The van der Waals surface area contributed by atoms with Crippen LogP contribution in [-0.2, 0) is 6.61 Å². The second-order valence-electron chi connectivity index (χ2n) is 4.68. The van der Waals surface area contributed by atoms with E-state index in [1.54, 1.807) is 12.3 Å². The molecular formula is C12H20Cl3N5O. The predicted octanol–water partition coefficient (Wildman–Crippen LogP) is 1.47. The van der Waals surface area contributed by atoms with Crippen molar-refractivity contribution in [2.45, 2.75) is 19.6 Å². The second-order valence-corrected chi connectivity index (χ2v) is 5.09. The molecule has 0 aliphatic carbocycles. The van der Waals surface area contributed by atoms with Gasteiger partial charge in [-0.15, -0.1) is 24.8 Å². The number of aliphatic hydroxyl groups excluding tert-OH is 1. The molecule has 21 heavy (non-hydrogen) atoms. The third kappa shape index (κ3) is 4.51. The van der Waals surface area contributed by atoms with Crippen molar-refractivity contribution in [3.63, 3.8) is 0 Å². The monoisotopic (exact) mass is 355 g/mol. The van der Waals surface area contributed by atoms with E-state index < -0.39 is 0 Å². The average Bonchev–Trinajstić information content (AvgIpc) is 2.37. The number of nitrogens with two attached hydrogens (primary N) is 1. The summed E-state index contributed by atoms with van der Waals surface area (Å²) in [5, 5.41) is 17.1. The van der Waals surface area contributed by atoms with Crippen LogP contribution in [-0.4, -0.2) is 46.6 Å². The summed E-state index contributed by atoms with van der Waals surface area (Å²) < 4.78 is 0. The third-order valence-electron chi connectivity index (χ3n) is 3.30. The number of anilines is 1. The molecule has 1 fully saturated rings. The highest BCUT2D eigenvalue weighted by Crippen LogP contribution is 2.26. The minimum Gasteiger partial charge on any atom is -0.392 e. The summed E-state index contributed by atoms with van der Waals surface area (Å²) in [6.45, 7) is 4.06. The van der Waals surface area contributed by atoms with E-state index in [9.17, 15) is 0 Å². The molecule has 1 saturated heterocycles. The van der Waals surface area contributed by atoms with E-state index in [1.165, 1.54) is 0 Å². The molecule has 1 atom stereocenters. The minimum absolute atomic E-state index is 0. The SMILES string of the molecule is C[C@@H]1CN(c2ncc(CO)cc2Cl)CCN1C(=N)N.Cl.Cl. The van der Waals surface area contributed by atoms with Gasteiger partial charge in [-0.1, -0.05) is 11.6 Å². The standard InChI is InChI=1S/C12H18ClN5O.2ClH/c1-8-6-17(2-3-18(8)12(14)15)11-10(13)4-9(7-19)5-16-11;;/h4-5,8,19H,2-3,6-7H2,1H3,(H3,14,15);2*1H/t8-;;/m1../s1. The number of aromatic nitrogens is 1. The van der Waals surface area contributed by atoms with Gasteiger partial charge in [-0.25, -0.2) is 4.98 Å². The minimum atomic E-state index is -0.0679. The van der Waals surface area contributed by atoms with E-state index in [0.29, 0.717) is 29.5 Å². The van der Waals surface area contributed by atoms with Gasteiger partial charge >= 0.3 is 0 Å². The van der Waals surface area contributed by atoms with Gasteiger partial charge in [0.1, 0.15) is 5.82 Å². The lowest BCUT2D eigenvalue weighted by Gasteiger charge is -2.40. The van der Waals surface area contributed by atoms with Gasteiger partial charge in [0, 0.05) is 31.9 Å². The predicted molar refractivity (Wildman–Crippen MR) is 90.0 cm³/mol. The Morgan fingerprint density at radius 1 is 1.52 bits per heavy atom. The second kappa shape index (κ2) is 8.48. The van der Waals surface area contributed by atoms with Crippen molar-refractivity contribution in [1.29, 1.82) is 5.41 Å². The van der Waals surface area contributed by atoms with Gasteiger partial charge in [-0.2, -0.15) is 0 Å². The van der Waals surface area contributed by atoms with Crippen LogP contribution < -0.4 is 10.6 Å². The zero-order chi connectivity index (χ0) is 14.0. The summed E-state index contributed by atoms with van der Waals surface area (Å²) in [5.41, 5.74) is 6.23. The molecule has 9 heteroatoms. The lowest BCUT2D eigenvalue weighted by molar-refractivity contribution is 0.281. The van der Waals surface area contributed by atoms with Crippen molar-refractivity contribution in [3.8, 4) is 0 Å². The van der Waals surface area contributed by atoms with Crippen LogP contribution in [0.3, 0.4) is 0 Å². The largest absolute Gasteiger partial charge is 0.392 e. The zero-order valence-electron chi connectivity index (χ0n) is 11.6. The number of hydrogen-bond donors (Lipinski definition) is 3. The normalized spacial score (nSPS) is 17.8. The molecule has 4 N–H and O–H groups in total. The van der Waals surface area contributed by atoms with E-state index in [0.717, 1.165) is 6.54 Å². The maximum Gasteiger partial charge on any atom is 0.188 e. The molecule has 0 radical (unpaired) electrons. The Labute approximate surface area is 141 Å². The number of nitrogens with one attached hydrogen (secondary N) is 1. The summed E-state index contributed by atoms with van der Waals surface area (Å²) >= 11 is 6.19. The van der Waals surface area contributed by atoms with Gasteiger partial charge in [0.2, 0.25) is 0 Å². The smallest absolute Gasteiger partial charge is 0.188 e. The van der Waals surface area contributed by atoms with Crippen molar-refractivity contribution in [2.75, 3.05) is 24.5 Å². The fraction of sp³-hybridized carbons (Fsp3) is 0.500. The Hall–Kier alpha value is -0.950. The van der Waals surface area contributed by atoms with Gasteiger partial charge in [0.05, 0.1) is 11.6 Å². The number of guanidine groups is 1. The summed E-state index contributed by atoms with van der Waals surface area (Å²) in [5.74, 6) is 0.816. The first-order valence-corrected chi connectivity index (χ1v) is 6.51. The fourth-order valence-corrected chi connectivity index (χ4v) is 2.61. The number of hydrogen-bond acceptors (Lipinski definition) is 4. The lowest BCUT2D eigenvalue weighted by atomic mass is 10.2. The molecule has 2 heterocycles. The Balaban J connectivity index is 0.00000200. The molecule has 0 spiro atoms. The van der Waals surface area contributed by atoms with E-state index in [-0.39, 0.29) is 43.4 Å². The molecule has 6 nitrogen and oxygen atoms in total. The number of piperazine rings is 1. The average molecular weight is 357 g/mol. The fourth-order valence-electron chi connectivity index (χ4n) is 2.30. The van der Waals surface area contributed by atoms with E-state index in [4.69, 9.17) is 27.9 Å². The Morgan fingerprint density at radius 2 is 2.19 bits per heavy atom. The maximum atomic E-state index is 9.04. The van der Waals surface area contributed by atoms with Crippen molar-refractivity contribution in [3.05, 3.63) is 22.8 Å². The van der Waals surface area contributed by atoms with Crippen LogP contribution in [0.15, 0.2) is 12.3 Å². The molecule has 2 rings (SSSR count). The van der Waals surface area contributed by atoms with Gasteiger partial charge in [-0.05, 0) is 18.6 Å². The van der Waals surface area contributed by atoms with Crippen LogP contribution in [0.5, 0.6) is 0 Å². The number of nitrogens with zero attached hydrogens (tertiary/aromatic N) is 3. The molecule has 0 aromatic carbocycles. The molecule has 0 unspecified atom stereocenters. The molecule has 0 saturated carbocycles. The van der Waals surface area contributed by atoms with Gasteiger partial charge in [0.15, 0.2) is 5.96 Å². The highest BCUT2D eigenvalue weighted by atomic mass is 35.5. The third-order valence-corrected chi connectivity index (χ3v) is 3.58. The van der Waals surface area contributed by atoms with Crippen LogP contribution >= 0.6 is 36.4 Å². The number of halogens is 3. The number of aliphatic hydroxyl groups is 1. The summed E-state index contributed by atoms with van der Waals surface area (Å²) in [7, 11) is 0. The topological polar surface area (TPSA) is 89.5 Å². The van der Waals surface area contributed by atoms with Gasteiger partial charge in [0.25, 0.3) is 0 Å². The van der Waals surface area contributed by atoms with Crippen molar-refractivity contribution in [1.82, 2.24) is 9.88 Å². The summed E-state index contributed by atoms with van der Waals surface area (Å²) in [6, 6.07) is 1.87. The Kier molecular flexibility index (Phi) is 8.10. The van der Waals surface area contributed by atoms with Crippen LogP contribution in [0.1, 0.15) is 12.5 Å².